The predicted molar refractivity (Wildman–Crippen MR) is 97.9 cm³/mol. The Morgan fingerprint density at radius 3 is 2.46 bits per heavy atom. The van der Waals surface area contributed by atoms with Crippen LogP contribution in [0, 0.1) is 10.1 Å². The minimum atomic E-state index is -0.677. The minimum absolute atomic E-state index is 0.0485. The fourth-order valence-electron chi connectivity index (χ4n) is 2.05. The van der Waals surface area contributed by atoms with Crippen LogP contribution in [0.5, 0.6) is 5.75 Å². The minimum Gasteiger partial charge on any atom is -0.490 e. The number of amides is 2. The van der Waals surface area contributed by atoms with E-state index in [-0.39, 0.29) is 22.9 Å². The molecule has 0 aromatic heterocycles. The van der Waals surface area contributed by atoms with Gasteiger partial charge in [0.05, 0.1) is 16.6 Å². The second-order valence-electron chi connectivity index (χ2n) is 5.52. The van der Waals surface area contributed by atoms with Gasteiger partial charge in [0.25, 0.3) is 17.5 Å². The van der Waals surface area contributed by atoms with Crippen molar-refractivity contribution in [3.05, 3.63) is 68.2 Å². The Morgan fingerprint density at radius 2 is 1.81 bits per heavy atom. The van der Waals surface area contributed by atoms with Crippen LogP contribution in [0.2, 0.25) is 0 Å². The molecular weight excluding hydrogens is 406 g/mol. The lowest BCUT2D eigenvalue weighted by Gasteiger charge is -2.15. The first-order chi connectivity index (χ1) is 12.3. The SMILES string of the molecule is CC(C)Oc1ccc(Br)cc1C(=O)NNC(=O)c1cccc([N+](=O)[O-])c1. The van der Waals surface area contributed by atoms with Crippen molar-refractivity contribution >= 4 is 33.4 Å². The van der Waals surface area contributed by atoms with Gasteiger partial charge in [-0.05, 0) is 38.1 Å². The number of nitro benzene ring substituents is 1. The maximum absolute atomic E-state index is 12.4. The maximum Gasteiger partial charge on any atom is 0.273 e. The molecular formula is C17H16BrN3O5. The number of hydrogen-bond donors (Lipinski definition) is 2. The highest BCUT2D eigenvalue weighted by atomic mass is 79.9. The normalized spacial score (nSPS) is 10.3. The number of non-ortho nitro benzene ring substituents is 1. The molecule has 0 fully saturated rings. The Kier molecular flexibility index (Phi) is 6.29. The van der Waals surface area contributed by atoms with Crippen molar-refractivity contribution in [3.8, 4) is 5.75 Å². The first-order valence-electron chi connectivity index (χ1n) is 7.59. The lowest BCUT2D eigenvalue weighted by molar-refractivity contribution is -0.384. The van der Waals surface area contributed by atoms with Crippen molar-refractivity contribution in [2.45, 2.75) is 20.0 Å². The van der Waals surface area contributed by atoms with E-state index in [1.807, 2.05) is 13.8 Å². The predicted octanol–water partition coefficient (Wildman–Crippen LogP) is 3.22. The summed E-state index contributed by atoms with van der Waals surface area (Å²) in [5.41, 5.74) is 4.57. The molecule has 136 valence electrons. The van der Waals surface area contributed by atoms with Crippen LogP contribution in [-0.2, 0) is 0 Å². The fraction of sp³-hybridized carbons (Fsp3) is 0.176. The van der Waals surface area contributed by atoms with Crippen LogP contribution in [0.15, 0.2) is 46.9 Å². The summed E-state index contributed by atoms with van der Waals surface area (Å²) in [4.78, 5) is 34.6. The molecule has 0 aliphatic carbocycles. The fourth-order valence-corrected chi connectivity index (χ4v) is 2.41. The van der Waals surface area contributed by atoms with E-state index in [1.165, 1.54) is 18.2 Å². The number of carbonyl (C=O) groups is 2. The number of nitrogens with one attached hydrogen (secondary N) is 2. The van der Waals surface area contributed by atoms with Gasteiger partial charge in [0.2, 0.25) is 0 Å². The van der Waals surface area contributed by atoms with Gasteiger partial charge in [-0.3, -0.25) is 30.6 Å². The standard InChI is InChI=1S/C17H16BrN3O5/c1-10(2)26-15-7-6-12(18)9-14(15)17(23)20-19-16(22)11-4-3-5-13(8-11)21(24)25/h3-10H,1-2H3,(H,19,22)(H,20,23). The lowest BCUT2D eigenvalue weighted by atomic mass is 10.2. The van der Waals surface area contributed by atoms with Gasteiger partial charge in [0, 0.05) is 22.2 Å². The third-order valence-corrected chi connectivity index (χ3v) is 3.65. The Hall–Kier alpha value is -2.94. The Balaban J connectivity index is 2.11. The van der Waals surface area contributed by atoms with Gasteiger partial charge in [0.1, 0.15) is 5.75 Å². The molecule has 26 heavy (non-hydrogen) atoms. The number of benzene rings is 2. The second-order valence-corrected chi connectivity index (χ2v) is 6.44. The summed E-state index contributed by atoms with van der Waals surface area (Å²) in [6.45, 7) is 3.65. The number of nitro groups is 1. The topological polar surface area (TPSA) is 111 Å². The van der Waals surface area contributed by atoms with Crippen molar-refractivity contribution in [1.82, 2.24) is 10.9 Å². The van der Waals surface area contributed by atoms with Gasteiger partial charge in [-0.15, -0.1) is 0 Å². The van der Waals surface area contributed by atoms with Crippen molar-refractivity contribution in [2.75, 3.05) is 0 Å². The third-order valence-electron chi connectivity index (χ3n) is 3.16. The molecule has 0 saturated carbocycles. The molecule has 0 aliphatic rings. The first kappa shape index (κ1) is 19.4. The highest BCUT2D eigenvalue weighted by Crippen LogP contribution is 2.24. The molecule has 0 saturated heterocycles. The quantitative estimate of drug-likeness (QED) is 0.568. The van der Waals surface area contributed by atoms with E-state index in [0.717, 1.165) is 6.07 Å². The number of rotatable bonds is 5. The Labute approximate surface area is 157 Å². The summed E-state index contributed by atoms with van der Waals surface area (Å²) in [5.74, 6) is -0.894. The molecule has 0 radical (unpaired) electrons. The number of carbonyl (C=O) groups excluding carboxylic acids is 2. The van der Waals surface area contributed by atoms with Gasteiger partial charge < -0.3 is 4.74 Å². The van der Waals surface area contributed by atoms with Crippen LogP contribution in [-0.4, -0.2) is 22.8 Å². The van der Waals surface area contributed by atoms with Gasteiger partial charge in [-0.1, -0.05) is 22.0 Å². The molecule has 0 aliphatic heterocycles. The summed E-state index contributed by atoms with van der Waals surface area (Å²) >= 11 is 3.28. The summed E-state index contributed by atoms with van der Waals surface area (Å²) in [6, 6.07) is 10.1. The average molecular weight is 422 g/mol. The summed E-state index contributed by atoms with van der Waals surface area (Å²) in [6.07, 6.45) is -0.137. The zero-order valence-corrected chi connectivity index (χ0v) is 15.6. The van der Waals surface area contributed by atoms with Crippen LogP contribution in [0.1, 0.15) is 34.6 Å². The van der Waals surface area contributed by atoms with E-state index in [0.29, 0.717) is 10.2 Å². The number of nitrogens with zero attached hydrogens (tertiary/aromatic N) is 1. The molecule has 2 aromatic rings. The molecule has 0 atom stereocenters. The molecule has 2 N–H and O–H groups in total. The van der Waals surface area contributed by atoms with Crippen LogP contribution in [0.25, 0.3) is 0 Å². The molecule has 9 heteroatoms. The molecule has 0 unspecified atom stereocenters. The van der Waals surface area contributed by atoms with Gasteiger partial charge >= 0.3 is 0 Å². The Bertz CT molecular complexity index is 854. The van der Waals surface area contributed by atoms with Crippen molar-refractivity contribution in [3.63, 3.8) is 0 Å². The maximum atomic E-state index is 12.4. The summed E-state index contributed by atoms with van der Waals surface area (Å²) in [7, 11) is 0. The van der Waals surface area contributed by atoms with Crippen LogP contribution in [0.3, 0.4) is 0 Å². The highest BCUT2D eigenvalue weighted by molar-refractivity contribution is 9.10. The summed E-state index contributed by atoms with van der Waals surface area (Å²) in [5, 5.41) is 10.8. The molecule has 2 aromatic carbocycles. The number of hydrogen-bond acceptors (Lipinski definition) is 5. The smallest absolute Gasteiger partial charge is 0.273 e. The average Bonchev–Trinajstić information content (AvgIpc) is 2.60. The zero-order valence-electron chi connectivity index (χ0n) is 14.0. The highest BCUT2D eigenvalue weighted by Gasteiger charge is 2.16. The zero-order chi connectivity index (χ0) is 19.3. The van der Waals surface area contributed by atoms with Gasteiger partial charge in [0.15, 0.2) is 0 Å². The van der Waals surface area contributed by atoms with Crippen molar-refractivity contribution in [1.29, 1.82) is 0 Å². The molecule has 0 spiro atoms. The largest absolute Gasteiger partial charge is 0.490 e. The van der Waals surface area contributed by atoms with Gasteiger partial charge in [-0.2, -0.15) is 0 Å². The Morgan fingerprint density at radius 1 is 1.12 bits per heavy atom. The van der Waals surface area contributed by atoms with E-state index in [1.54, 1.807) is 18.2 Å². The van der Waals surface area contributed by atoms with Crippen LogP contribution in [0.4, 0.5) is 5.69 Å². The van der Waals surface area contributed by atoms with Crippen molar-refractivity contribution < 1.29 is 19.2 Å². The monoisotopic (exact) mass is 421 g/mol. The van der Waals surface area contributed by atoms with Gasteiger partial charge in [-0.25, -0.2) is 0 Å². The number of hydrazine groups is 1. The van der Waals surface area contributed by atoms with E-state index >= 15 is 0 Å². The van der Waals surface area contributed by atoms with Crippen molar-refractivity contribution in [2.24, 2.45) is 0 Å². The van der Waals surface area contributed by atoms with E-state index in [9.17, 15) is 19.7 Å². The van der Waals surface area contributed by atoms with E-state index < -0.39 is 16.7 Å². The third kappa shape index (κ3) is 5.03. The number of ether oxygens (including phenoxy) is 1. The molecule has 2 rings (SSSR count). The van der Waals surface area contributed by atoms with E-state index in [4.69, 9.17) is 4.74 Å². The second kappa shape index (κ2) is 8.43. The first-order valence-corrected chi connectivity index (χ1v) is 8.38. The van der Waals surface area contributed by atoms with Crippen LogP contribution < -0.4 is 15.6 Å². The number of halogens is 1. The lowest BCUT2D eigenvalue weighted by Crippen LogP contribution is -2.41. The molecule has 2 amide bonds. The van der Waals surface area contributed by atoms with E-state index in [2.05, 4.69) is 26.8 Å². The molecule has 8 nitrogen and oxygen atoms in total. The molecule has 0 heterocycles. The van der Waals surface area contributed by atoms with Crippen LogP contribution >= 0.6 is 15.9 Å². The summed E-state index contributed by atoms with van der Waals surface area (Å²) < 4.78 is 6.26. The molecule has 0 bridgehead atoms.